The Morgan fingerprint density at radius 3 is 2.58 bits per heavy atom. The van der Waals surface area contributed by atoms with Crippen molar-refractivity contribution in [2.24, 2.45) is 13.0 Å². The van der Waals surface area contributed by atoms with Crippen LogP contribution in [-0.4, -0.2) is 39.7 Å². The Labute approximate surface area is 180 Å². The van der Waals surface area contributed by atoms with E-state index in [4.69, 9.17) is 9.15 Å². The Balaban J connectivity index is 1.63. The minimum absolute atomic E-state index is 0.0671. The van der Waals surface area contributed by atoms with Crippen molar-refractivity contribution in [2.75, 3.05) is 7.05 Å². The van der Waals surface area contributed by atoms with Gasteiger partial charge in [-0.25, -0.2) is 4.98 Å². The van der Waals surface area contributed by atoms with Crippen molar-refractivity contribution >= 4 is 11.8 Å². The molecule has 164 valence electrons. The number of carbonyl (C=O) groups is 2. The standard InChI is InChI=1S/C22H27N5O4/c1-13(2)20(22(29)23-4)25-21(28)19-9-8-18(31-19)17-7-6-16(11-24-17)30-12-15-10-14(3)27(5)26-15/h6-11,13,20H,12H2,1-5H3,(H,23,29)(H,25,28). The van der Waals surface area contributed by atoms with Crippen LogP contribution in [0.4, 0.5) is 0 Å². The lowest BCUT2D eigenvalue weighted by Crippen LogP contribution is -2.48. The zero-order valence-corrected chi connectivity index (χ0v) is 18.3. The monoisotopic (exact) mass is 425 g/mol. The lowest BCUT2D eigenvalue weighted by molar-refractivity contribution is -0.123. The van der Waals surface area contributed by atoms with Crippen molar-refractivity contribution < 1.29 is 18.7 Å². The van der Waals surface area contributed by atoms with Gasteiger partial charge in [-0.05, 0) is 43.2 Å². The maximum atomic E-state index is 12.5. The second-order valence-electron chi connectivity index (χ2n) is 7.54. The van der Waals surface area contributed by atoms with E-state index in [-0.39, 0.29) is 17.6 Å². The molecule has 2 N–H and O–H groups in total. The molecule has 0 aromatic carbocycles. The molecule has 0 saturated carbocycles. The van der Waals surface area contributed by atoms with Crippen LogP contribution in [0.1, 0.15) is 35.8 Å². The molecular weight excluding hydrogens is 398 g/mol. The number of carbonyl (C=O) groups excluding carboxylic acids is 2. The zero-order valence-electron chi connectivity index (χ0n) is 18.3. The van der Waals surface area contributed by atoms with Gasteiger partial charge in [0.25, 0.3) is 5.91 Å². The highest BCUT2D eigenvalue weighted by molar-refractivity contribution is 5.95. The van der Waals surface area contributed by atoms with Gasteiger partial charge in [0, 0.05) is 19.8 Å². The first-order chi connectivity index (χ1) is 14.8. The third-order valence-electron chi connectivity index (χ3n) is 4.85. The van der Waals surface area contributed by atoms with Gasteiger partial charge in [0.05, 0.1) is 6.20 Å². The molecule has 2 amide bonds. The van der Waals surface area contributed by atoms with Crippen molar-refractivity contribution in [3.05, 3.63) is 53.7 Å². The normalized spacial score (nSPS) is 11.9. The van der Waals surface area contributed by atoms with E-state index in [2.05, 4.69) is 20.7 Å². The zero-order chi connectivity index (χ0) is 22.5. The van der Waals surface area contributed by atoms with Crippen LogP contribution in [0.3, 0.4) is 0 Å². The largest absolute Gasteiger partial charge is 0.486 e. The van der Waals surface area contributed by atoms with Gasteiger partial charge in [0.15, 0.2) is 11.5 Å². The topological polar surface area (TPSA) is 111 Å². The molecule has 0 aliphatic heterocycles. The van der Waals surface area contributed by atoms with Crippen molar-refractivity contribution in [3.63, 3.8) is 0 Å². The summed E-state index contributed by atoms with van der Waals surface area (Å²) in [7, 11) is 3.42. The summed E-state index contributed by atoms with van der Waals surface area (Å²) in [5.74, 6) is 0.368. The van der Waals surface area contributed by atoms with Crippen molar-refractivity contribution in [3.8, 4) is 17.2 Å². The van der Waals surface area contributed by atoms with Gasteiger partial charge in [-0.1, -0.05) is 13.8 Å². The Hall–Kier alpha value is -3.62. The predicted molar refractivity (Wildman–Crippen MR) is 114 cm³/mol. The molecule has 0 aliphatic rings. The number of amides is 2. The summed E-state index contributed by atoms with van der Waals surface area (Å²) >= 11 is 0. The van der Waals surface area contributed by atoms with Crippen LogP contribution < -0.4 is 15.4 Å². The lowest BCUT2D eigenvalue weighted by Gasteiger charge is -2.19. The number of aryl methyl sites for hydroxylation is 2. The van der Waals surface area contributed by atoms with Gasteiger partial charge in [-0.15, -0.1) is 0 Å². The number of pyridine rings is 1. The molecule has 3 aromatic heterocycles. The summed E-state index contributed by atoms with van der Waals surface area (Å²) in [5.41, 5.74) is 2.45. The maximum Gasteiger partial charge on any atom is 0.287 e. The first-order valence-electron chi connectivity index (χ1n) is 9.99. The van der Waals surface area contributed by atoms with Crippen LogP contribution >= 0.6 is 0 Å². The van der Waals surface area contributed by atoms with E-state index in [1.165, 1.54) is 7.05 Å². The summed E-state index contributed by atoms with van der Waals surface area (Å²) in [6.07, 6.45) is 1.59. The fraction of sp³-hybridized carbons (Fsp3) is 0.364. The smallest absolute Gasteiger partial charge is 0.287 e. The molecule has 3 heterocycles. The first-order valence-corrected chi connectivity index (χ1v) is 9.99. The molecule has 9 heteroatoms. The van der Waals surface area contributed by atoms with Crippen LogP contribution in [-0.2, 0) is 18.4 Å². The van der Waals surface area contributed by atoms with Gasteiger partial charge >= 0.3 is 0 Å². The van der Waals surface area contributed by atoms with Crippen molar-refractivity contribution in [1.29, 1.82) is 0 Å². The van der Waals surface area contributed by atoms with Crippen molar-refractivity contribution in [1.82, 2.24) is 25.4 Å². The van der Waals surface area contributed by atoms with E-state index < -0.39 is 11.9 Å². The molecule has 31 heavy (non-hydrogen) atoms. The molecule has 0 bridgehead atoms. The summed E-state index contributed by atoms with van der Waals surface area (Å²) < 4.78 is 13.2. The first kappa shape index (κ1) is 22.1. The van der Waals surface area contributed by atoms with Gasteiger partial charge in [0.2, 0.25) is 5.91 Å². The maximum absolute atomic E-state index is 12.5. The highest BCUT2D eigenvalue weighted by atomic mass is 16.5. The molecular formula is C22H27N5O4. The second-order valence-corrected chi connectivity index (χ2v) is 7.54. The van der Waals surface area contributed by atoms with Gasteiger partial charge in [-0.2, -0.15) is 5.10 Å². The molecule has 0 radical (unpaired) electrons. The summed E-state index contributed by atoms with van der Waals surface area (Å²) in [6.45, 7) is 6.04. The minimum Gasteiger partial charge on any atom is -0.486 e. The number of likely N-dealkylation sites (N-methyl/N-ethyl adjacent to an activating group) is 1. The van der Waals surface area contributed by atoms with Gasteiger partial charge < -0.3 is 19.8 Å². The molecule has 1 atom stereocenters. The van der Waals surface area contributed by atoms with Crippen LogP contribution in [0.15, 0.2) is 40.9 Å². The van der Waals surface area contributed by atoms with Crippen LogP contribution in [0.25, 0.3) is 11.5 Å². The summed E-state index contributed by atoms with van der Waals surface area (Å²) in [4.78, 5) is 28.8. The van der Waals surface area contributed by atoms with Crippen LogP contribution in [0.5, 0.6) is 5.75 Å². The molecule has 3 rings (SSSR count). The Morgan fingerprint density at radius 1 is 1.23 bits per heavy atom. The highest BCUT2D eigenvalue weighted by Crippen LogP contribution is 2.23. The van der Waals surface area contributed by atoms with E-state index in [1.54, 1.807) is 35.1 Å². The van der Waals surface area contributed by atoms with Gasteiger partial charge in [0.1, 0.15) is 29.8 Å². The number of hydrogen-bond acceptors (Lipinski definition) is 6. The SMILES string of the molecule is CNC(=O)C(NC(=O)c1ccc(-c2ccc(OCc3cc(C)n(C)n3)cn2)o1)C(C)C. The Kier molecular flexibility index (Phi) is 6.74. The predicted octanol–water partition coefficient (Wildman–Crippen LogP) is 2.46. The molecule has 1 unspecified atom stereocenters. The second kappa shape index (κ2) is 9.46. The Morgan fingerprint density at radius 2 is 2.00 bits per heavy atom. The number of hydrogen-bond donors (Lipinski definition) is 2. The number of ether oxygens (including phenoxy) is 1. The highest BCUT2D eigenvalue weighted by Gasteiger charge is 2.25. The Bertz CT molecular complexity index is 1030. The van der Waals surface area contributed by atoms with Crippen molar-refractivity contribution in [2.45, 2.75) is 33.4 Å². The van der Waals surface area contributed by atoms with E-state index in [0.717, 1.165) is 11.4 Å². The third kappa shape index (κ3) is 5.30. The van der Waals surface area contributed by atoms with Gasteiger partial charge in [-0.3, -0.25) is 14.3 Å². The third-order valence-corrected chi connectivity index (χ3v) is 4.85. The number of nitrogens with one attached hydrogen (secondary N) is 2. The average Bonchev–Trinajstić information content (AvgIpc) is 3.37. The quantitative estimate of drug-likeness (QED) is 0.574. The van der Waals surface area contributed by atoms with Crippen LogP contribution in [0.2, 0.25) is 0 Å². The van der Waals surface area contributed by atoms with E-state index in [9.17, 15) is 9.59 Å². The molecule has 9 nitrogen and oxygen atoms in total. The number of nitrogens with zero attached hydrogens (tertiary/aromatic N) is 3. The number of aromatic nitrogens is 3. The lowest BCUT2D eigenvalue weighted by atomic mass is 10.0. The summed E-state index contributed by atoms with van der Waals surface area (Å²) in [5, 5.41) is 9.61. The fourth-order valence-electron chi connectivity index (χ4n) is 2.97. The van der Waals surface area contributed by atoms with Crippen LogP contribution in [0, 0.1) is 12.8 Å². The summed E-state index contributed by atoms with van der Waals surface area (Å²) in [6, 6.07) is 8.07. The molecule has 0 spiro atoms. The van der Waals surface area contributed by atoms with E-state index in [1.807, 2.05) is 33.9 Å². The fourth-order valence-corrected chi connectivity index (χ4v) is 2.97. The molecule has 3 aromatic rings. The number of rotatable bonds is 8. The van der Waals surface area contributed by atoms with E-state index >= 15 is 0 Å². The number of furan rings is 1. The van der Waals surface area contributed by atoms with E-state index in [0.29, 0.717) is 23.8 Å². The molecule has 0 saturated heterocycles. The molecule has 0 fully saturated rings. The molecule has 0 aliphatic carbocycles. The minimum atomic E-state index is -0.650. The average molecular weight is 425 g/mol.